The van der Waals surface area contributed by atoms with E-state index in [-0.39, 0.29) is 22.7 Å². The van der Waals surface area contributed by atoms with E-state index in [2.05, 4.69) is 33.0 Å². The molecule has 1 aromatic rings. The van der Waals surface area contributed by atoms with E-state index in [9.17, 15) is 4.79 Å². The minimum atomic E-state index is 0.00313. The normalized spacial score (nSPS) is 20.5. The number of carbonyl (C=O) groups is 1. The molecule has 1 aliphatic carbocycles. The maximum absolute atomic E-state index is 12.3. The molecule has 1 saturated carbocycles. The van der Waals surface area contributed by atoms with E-state index in [1.165, 1.54) is 0 Å². The number of nitrogens with two attached hydrogens (primary N) is 1. The van der Waals surface area contributed by atoms with E-state index < -0.39 is 0 Å². The van der Waals surface area contributed by atoms with Gasteiger partial charge in [0.25, 0.3) is 0 Å². The predicted octanol–water partition coefficient (Wildman–Crippen LogP) is 3.54. The Bertz CT molecular complexity index is 495. The van der Waals surface area contributed by atoms with Gasteiger partial charge in [-0.3, -0.25) is 4.79 Å². The molecule has 0 heterocycles. The van der Waals surface area contributed by atoms with Crippen molar-refractivity contribution in [1.82, 2.24) is 0 Å². The first kappa shape index (κ1) is 13.2. The van der Waals surface area contributed by atoms with Crippen LogP contribution in [0.4, 0.5) is 11.4 Å². The lowest BCUT2D eigenvalue weighted by atomic mass is 10.0. The second-order valence-electron chi connectivity index (χ2n) is 6.10. The van der Waals surface area contributed by atoms with Crippen LogP contribution in [0.15, 0.2) is 18.2 Å². The number of carbonyl (C=O) groups excluding carboxylic acids is 1. The highest BCUT2D eigenvalue weighted by Gasteiger charge is 2.68. The van der Waals surface area contributed by atoms with Crippen molar-refractivity contribution in [3.63, 3.8) is 0 Å². The van der Waals surface area contributed by atoms with Crippen LogP contribution in [-0.4, -0.2) is 5.91 Å². The van der Waals surface area contributed by atoms with Crippen molar-refractivity contribution in [3.05, 3.63) is 23.2 Å². The summed E-state index contributed by atoms with van der Waals surface area (Å²) in [6, 6.07) is 5.08. The van der Waals surface area contributed by atoms with Crippen molar-refractivity contribution in [1.29, 1.82) is 0 Å². The van der Waals surface area contributed by atoms with E-state index in [0.29, 0.717) is 16.4 Å². The SMILES string of the molecule is CC1(C)C(C(=O)Nc2cc(Cl)ccc2N)C1(C)C. The fraction of sp³-hybridized carbons (Fsp3) is 0.500. The lowest BCUT2D eigenvalue weighted by Gasteiger charge is -2.09. The third kappa shape index (κ3) is 1.87. The summed E-state index contributed by atoms with van der Waals surface area (Å²) in [5.74, 6) is 0.0161. The molecular formula is C14H19ClN2O. The monoisotopic (exact) mass is 266 g/mol. The molecule has 0 spiro atoms. The van der Waals surface area contributed by atoms with Crippen molar-refractivity contribution in [2.45, 2.75) is 27.7 Å². The molecule has 0 atom stereocenters. The second-order valence-corrected chi connectivity index (χ2v) is 6.53. The van der Waals surface area contributed by atoms with Crippen LogP contribution in [-0.2, 0) is 4.79 Å². The molecule has 1 aliphatic rings. The molecule has 18 heavy (non-hydrogen) atoms. The van der Waals surface area contributed by atoms with Crippen molar-refractivity contribution in [3.8, 4) is 0 Å². The number of anilines is 2. The highest BCUT2D eigenvalue weighted by Crippen LogP contribution is 2.68. The van der Waals surface area contributed by atoms with Crippen molar-refractivity contribution in [2.75, 3.05) is 11.1 Å². The Balaban J connectivity index is 2.17. The van der Waals surface area contributed by atoms with Gasteiger partial charge in [0.2, 0.25) is 5.91 Å². The lowest BCUT2D eigenvalue weighted by molar-refractivity contribution is -0.118. The number of nitrogens with one attached hydrogen (secondary N) is 1. The Hall–Kier alpha value is -1.22. The Morgan fingerprint density at radius 2 is 1.83 bits per heavy atom. The van der Waals surface area contributed by atoms with Crippen LogP contribution in [0.1, 0.15) is 27.7 Å². The largest absolute Gasteiger partial charge is 0.397 e. The van der Waals surface area contributed by atoms with Gasteiger partial charge in [-0.2, -0.15) is 0 Å². The van der Waals surface area contributed by atoms with Gasteiger partial charge in [-0.05, 0) is 29.0 Å². The molecule has 0 unspecified atom stereocenters. The van der Waals surface area contributed by atoms with Crippen LogP contribution < -0.4 is 11.1 Å². The first-order valence-corrected chi connectivity index (χ1v) is 6.41. The molecule has 0 bridgehead atoms. The highest BCUT2D eigenvalue weighted by molar-refractivity contribution is 6.31. The maximum atomic E-state index is 12.3. The molecule has 98 valence electrons. The standard InChI is InChI=1S/C14H19ClN2O/c1-13(2)11(14(13,3)4)12(18)17-10-7-8(15)5-6-9(10)16/h5-7,11H,16H2,1-4H3,(H,17,18). The molecule has 1 amide bonds. The fourth-order valence-electron chi connectivity index (χ4n) is 2.69. The summed E-state index contributed by atoms with van der Waals surface area (Å²) >= 11 is 5.90. The van der Waals surface area contributed by atoms with Crippen LogP contribution in [0.3, 0.4) is 0 Å². The summed E-state index contributed by atoms with van der Waals surface area (Å²) in [5, 5.41) is 3.44. The molecule has 0 aliphatic heterocycles. The third-order valence-corrected chi connectivity index (χ3v) is 4.79. The molecule has 3 nitrogen and oxygen atoms in total. The minimum Gasteiger partial charge on any atom is -0.397 e. The summed E-state index contributed by atoms with van der Waals surface area (Å²) < 4.78 is 0. The molecule has 4 heteroatoms. The number of hydrogen-bond acceptors (Lipinski definition) is 2. The quantitative estimate of drug-likeness (QED) is 0.805. The van der Waals surface area contributed by atoms with Gasteiger partial charge in [0.15, 0.2) is 0 Å². The maximum Gasteiger partial charge on any atom is 0.228 e. The predicted molar refractivity (Wildman–Crippen MR) is 75.5 cm³/mol. The smallest absolute Gasteiger partial charge is 0.228 e. The van der Waals surface area contributed by atoms with Crippen molar-refractivity contribution < 1.29 is 4.79 Å². The van der Waals surface area contributed by atoms with E-state index in [1.54, 1.807) is 18.2 Å². The molecule has 0 saturated heterocycles. The van der Waals surface area contributed by atoms with Gasteiger partial charge in [-0.25, -0.2) is 0 Å². The molecule has 1 aromatic carbocycles. The number of halogens is 1. The van der Waals surface area contributed by atoms with Gasteiger partial charge in [0, 0.05) is 10.9 Å². The summed E-state index contributed by atoms with van der Waals surface area (Å²) in [4.78, 5) is 12.3. The molecule has 0 aromatic heterocycles. The zero-order valence-electron chi connectivity index (χ0n) is 11.2. The average Bonchev–Trinajstić information content (AvgIpc) is 2.63. The van der Waals surface area contributed by atoms with E-state index in [1.807, 2.05) is 0 Å². The summed E-state index contributed by atoms with van der Waals surface area (Å²) in [5.41, 5.74) is 6.98. The zero-order valence-corrected chi connectivity index (χ0v) is 11.9. The summed E-state index contributed by atoms with van der Waals surface area (Å²) in [6.07, 6.45) is 0. The lowest BCUT2D eigenvalue weighted by Crippen LogP contribution is -2.18. The zero-order chi connectivity index (χ0) is 13.7. The second kappa shape index (κ2) is 3.89. The number of benzene rings is 1. The highest BCUT2D eigenvalue weighted by atomic mass is 35.5. The summed E-state index contributed by atoms with van der Waals surface area (Å²) in [6.45, 7) is 8.44. The number of amides is 1. The van der Waals surface area contributed by atoms with Gasteiger partial charge < -0.3 is 11.1 Å². The van der Waals surface area contributed by atoms with Crippen LogP contribution in [0.25, 0.3) is 0 Å². The van der Waals surface area contributed by atoms with Gasteiger partial charge in [-0.15, -0.1) is 0 Å². The Morgan fingerprint density at radius 3 is 2.33 bits per heavy atom. The van der Waals surface area contributed by atoms with Gasteiger partial charge in [0.1, 0.15) is 0 Å². The molecule has 3 N–H and O–H groups in total. The Morgan fingerprint density at radius 1 is 1.28 bits per heavy atom. The van der Waals surface area contributed by atoms with Gasteiger partial charge in [-0.1, -0.05) is 39.3 Å². The number of nitrogen functional groups attached to an aromatic ring is 1. The Kier molecular flexibility index (Phi) is 2.85. The van der Waals surface area contributed by atoms with Crippen LogP contribution in [0, 0.1) is 16.7 Å². The van der Waals surface area contributed by atoms with Crippen molar-refractivity contribution >= 4 is 28.9 Å². The van der Waals surface area contributed by atoms with Gasteiger partial charge >= 0.3 is 0 Å². The first-order valence-electron chi connectivity index (χ1n) is 6.04. The molecule has 0 radical (unpaired) electrons. The molecule has 1 fully saturated rings. The molecule has 2 rings (SSSR count). The van der Waals surface area contributed by atoms with Crippen LogP contribution >= 0.6 is 11.6 Å². The topological polar surface area (TPSA) is 55.1 Å². The minimum absolute atomic E-state index is 0.00313. The van der Waals surface area contributed by atoms with E-state index in [4.69, 9.17) is 17.3 Å². The molecular weight excluding hydrogens is 248 g/mol. The fourth-order valence-corrected chi connectivity index (χ4v) is 2.87. The number of hydrogen-bond donors (Lipinski definition) is 2. The van der Waals surface area contributed by atoms with Crippen molar-refractivity contribution in [2.24, 2.45) is 16.7 Å². The third-order valence-electron chi connectivity index (χ3n) is 4.56. The Labute approximate surface area is 113 Å². The number of rotatable bonds is 2. The van der Waals surface area contributed by atoms with E-state index in [0.717, 1.165) is 0 Å². The van der Waals surface area contributed by atoms with Crippen LogP contribution in [0.2, 0.25) is 5.02 Å². The average molecular weight is 267 g/mol. The summed E-state index contributed by atoms with van der Waals surface area (Å²) in [7, 11) is 0. The van der Waals surface area contributed by atoms with Gasteiger partial charge in [0.05, 0.1) is 11.4 Å². The first-order chi connectivity index (χ1) is 8.18. The van der Waals surface area contributed by atoms with E-state index >= 15 is 0 Å². The van der Waals surface area contributed by atoms with Crippen LogP contribution in [0.5, 0.6) is 0 Å².